The first-order valence-corrected chi connectivity index (χ1v) is 10.1. The summed E-state index contributed by atoms with van der Waals surface area (Å²) in [6.07, 6.45) is 16.6. The Kier molecular flexibility index (Phi) is 6.94. The molecule has 3 rings (SSSR count). The Labute approximate surface area is 150 Å². The van der Waals surface area contributed by atoms with Crippen LogP contribution in [0, 0.1) is 0 Å². The third kappa shape index (κ3) is 5.76. The largest absolute Gasteiger partial charge is 0.351 e. The SMILES string of the molecule is Clc1nc(NC2CCCCCCC2)nc(NC2CCCCCC2)n1. The van der Waals surface area contributed by atoms with Gasteiger partial charge < -0.3 is 10.6 Å². The lowest BCUT2D eigenvalue weighted by molar-refractivity contribution is 0.470. The average molecular weight is 352 g/mol. The molecular weight excluding hydrogens is 322 g/mol. The van der Waals surface area contributed by atoms with Gasteiger partial charge in [0.2, 0.25) is 17.2 Å². The van der Waals surface area contributed by atoms with Crippen molar-refractivity contribution >= 4 is 23.5 Å². The van der Waals surface area contributed by atoms with Crippen LogP contribution in [0.25, 0.3) is 0 Å². The molecule has 0 aromatic carbocycles. The minimum Gasteiger partial charge on any atom is -0.351 e. The second-order valence-corrected chi connectivity index (χ2v) is 7.61. The van der Waals surface area contributed by atoms with E-state index in [2.05, 4.69) is 25.6 Å². The van der Waals surface area contributed by atoms with Crippen molar-refractivity contribution in [3.63, 3.8) is 0 Å². The lowest BCUT2D eigenvalue weighted by Gasteiger charge is -2.21. The maximum absolute atomic E-state index is 6.13. The van der Waals surface area contributed by atoms with Crippen LogP contribution >= 0.6 is 11.6 Å². The molecule has 0 amide bonds. The lowest BCUT2D eigenvalue weighted by Crippen LogP contribution is -2.24. The lowest BCUT2D eigenvalue weighted by atomic mass is 9.97. The van der Waals surface area contributed by atoms with E-state index in [4.69, 9.17) is 11.6 Å². The van der Waals surface area contributed by atoms with Crippen molar-refractivity contribution in [1.29, 1.82) is 0 Å². The molecule has 5 nitrogen and oxygen atoms in total. The Balaban J connectivity index is 1.61. The second-order valence-electron chi connectivity index (χ2n) is 7.27. The van der Waals surface area contributed by atoms with Crippen LogP contribution in [0.1, 0.15) is 83.5 Å². The fraction of sp³-hybridized carbons (Fsp3) is 0.833. The summed E-state index contributed by atoms with van der Waals surface area (Å²) in [5.41, 5.74) is 0. The van der Waals surface area contributed by atoms with Gasteiger partial charge in [-0.25, -0.2) is 0 Å². The van der Waals surface area contributed by atoms with Gasteiger partial charge in [-0.2, -0.15) is 15.0 Å². The number of nitrogens with zero attached hydrogens (tertiary/aromatic N) is 3. The van der Waals surface area contributed by atoms with Crippen LogP contribution in [0.3, 0.4) is 0 Å². The van der Waals surface area contributed by atoms with Crippen LogP contribution in [-0.4, -0.2) is 27.0 Å². The molecule has 0 spiro atoms. The standard InChI is InChI=1S/C18H30ClN5/c19-16-22-17(20-14-10-6-2-1-3-7-11-14)24-18(23-16)21-15-12-8-4-5-9-13-15/h14-15H,1-13H2,(H2,20,21,22,23,24). The molecule has 6 heteroatoms. The van der Waals surface area contributed by atoms with E-state index in [0.29, 0.717) is 24.0 Å². The summed E-state index contributed by atoms with van der Waals surface area (Å²) in [4.78, 5) is 13.1. The third-order valence-electron chi connectivity index (χ3n) is 5.23. The second kappa shape index (κ2) is 9.40. The number of hydrogen-bond acceptors (Lipinski definition) is 5. The Morgan fingerprint density at radius 1 is 0.583 bits per heavy atom. The molecule has 2 aliphatic carbocycles. The Bertz CT molecular complexity index is 494. The predicted molar refractivity (Wildman–Crippen MR) is 99.7 cm³/mol. The molecule has 2 aliphatic rings. The van der Waals surface area contributed by atoms with E-state index in [9.17, 15) is 0 Å². The van der Waals surface area contributed by atoms with Gasteiger partial charge in [0.25, 0.3) is 0 Å². The van der Waals surface area contributed by atoms with E-state index in [1.807, 2.05) is 0 Å². The van der Waals surface area contributed by atoms with Crippen molar-refractivity contribution in [3.8, 4) is 0 Å². The van der Waals surface area contributed by atoms with Gasteiger partial charge in [-0.1, -0.05) is 57.8 Å². The highest BCUT2D eigenvalue weighted by Crippen LogP contribution is 2.22. The van der Waals surface area contributed by atoms with Gasteiger partial charge in [0.1, 0.15) is 0 Å². The Morgan fingerprint density at radius 2 is 0.958 bits per heavy atom. The smallest absolute Gasteiger partial charge is 0.229 e. The fourth-order valence-electron chi connectivity index (χ4n) is 3.87. The Morgan fingerprint density at radius 3 is 1.38 bits per heavy atom. The van der Waals surface area contributed by atoms with Gasteiger partial charge in [-0.3, -0.25) is 0 Å². The molecule has 2 N–H and O–H groups in total. The summed E-state index contributed by atoms with van der Waals surface area (Å²) < 4.78 is 0. The first-order valence-electron chi connectivity index (χ1n) is 9.74. The predicted octanol–water partition coefficient (Wildman–Crippen LogP) is 5.18. The zero-order valence-electron chi connectivity index (χ0n) is 14.6. The molecule has 0 saturated heterocycles. The molecule has 134 valence electrons. The summed E-state index contributed by atoms with van der Waals surface area (Å²) in [5, 5.41) is 7.24. The monoisotopic (exact) mass is 351 g/mol. The van der Waals surface area contributed by atoms with Crippen LogP contribution in [-0.2, 0) is 0 Å². The maximum atomic E-state index is 6.13. The summed E-state index contributed by atoms with van der Waals surface area (Å²) in [6.45, 7) is 0. The number of aromatic nitrogens is 3. The van der Waals surface area contributed by atoms with Gasteiger partial charge in [0, 0.05) is 12.1 Å². The molecule has 1 heterocycles. The van der Waals surface area contributed by atoms with Crippen LogP contribution in [0.5, 0.6) is 0 Å². The summed E-state index contributed by atoms with van der Waals surface area (Å²) in [7, 11) is 0. The van der Waals surface area contributed by atoms with E-state index >= 15 is 0 Å². The van der Waals surface area contributed by atoms with Crippen molar-refractivity contribution in [3.05, 3.63) is 5.28 Å². The van der Waals surface area contributed by atoms with Crippen molar-refractivity contribution < 1.29 is 0 Å². The molecule has 1 aromatic rings. The van der Waals surface area contributed by atoms with Crippen LogP contribution < -0.4 is 10.6 Å². The highest BCUT2D eigenvalue weighted by Gasteiger charge is 2.16. The van der Waals surface area contributed by atoms with Gasteiger partial charge >= 0.3 is 0 Å². The first-order chi connectivity index (χ1) is 11.8. The van der Waals surface area contributed by atoms with Crippen LogP contribution in [0.15, 0.2) is 0 Å². The molecule has 0 bridgehead atoms. The molecule has 24 heavy (non-hydrogen) atoms. The van der Waals surface area contributed by atoms with Crippen molar-refractivity contribution in [2.24, 2.45) is 0 Å². The minimum atomic E-state index is 0.273. The molecule has 0 aliphatic heterocycles. The van der Waals surface area contributed by atoms with E-state index < -0.39 is 0 Å². The van der Waals surface area contributed by atoms with Gasteiger partial charge in [0.15, 0.2) is 0 Å². The zero-order chi connectivity index (χ0) is 16.6. The molecule has 2 fully saturated rings. The van der Waals surface area contributed by atoms with Gasteiger partial charge in [-0.05, 0) is 37.3 Å². The molecule has 1 aromatic heterocycles. The molecule has 0 radical (unpaired) electrons. The zero-order valence-corrected chi connectivity index (χ0v) is 15.3. The van der Waals surface area contributed by atoms with Gasteiger partial charge in [0.05, 0.1) is 0 Å². The maximum Gasteiger partial charge on any atom is 0.229 e. The number of nitrogens with one attached hydrogen (secondary N) is 2. The molecule has 2 saturated carbocycles. The Hall–Kier alpha value is -1.10. The molecule has 0 unspecified atom stereocenters. The number of rotatable bonds is 4. The van der Waals surface area contributed by atoms with E-state index in [1.165, 1.54) is 83.5 Å². The summed E-state index contributed by atoms with van der Waals surface area (Å²) in [5.74, 6) is 1.24. The van der Waals surface area contributed by atoms with Crippen LogP contribution in [0.2, 0.25) is 5.28 Å². The van der Waals surface area contributed by atoms with E-state index in [1.54, 1.807) is 0 Å². The third-order valence-corrected chi connectivity index (χ3v) is 5.40. The number of hydrogen-bond donors (Lipinski definition) is 2. The quantitative estimate of drug-likeness (QED) is 0.731. The fourth-order valence-corrected chi connectivity index (χ4v) is 4.03. The highest BCUT2D eigenvalue weighted by molar-refractivity contribution is 6.28. The van der Waals surface area contributed by atoms with Gasteiger partial charge in [-0.15, -0.1) is 0 Å². The minimum absolute atomic E-state index is 0.273. The molecular formula is C18H30ClN5. The topological polar surface area (TPSA) is 62.7 Å². The van der Waals surface area contributed by atoms with Crippen LogP contribution in [0.4, 0.5) is 11.9 Å². The molecule has 0 atom stereocenters. The highest BCUT2D eigenvalue weighted by atomic mass is 35.5. The van der Waals surface area contributed by atoms with E-state index in [0.717, 1.165) is 0 Å². The van der Waals surface area contributed by atoms with Crippen molar-refractivity contribution in [1.82, 2.24) is 15.0 Å². The number of anilines is 2. The first kappa shape index (κ1) is 17.7. The van der Waals surface area contributed by atoms with Crippen molar-refractivity contribution in [2.45, 2.75) is 95.6 Å². The average Bonchev–Trinajstić information content (AvgIpc) is 2.78. The summed E-state index contributed by atoms with van der Waals surface area (Å²) >= 11 is 6.13. The normalized spacial score (nSPS) is 21.5. The van der Waals surface area contributed by atoms with E-state index in [-0.39, 0.29) is 5.28 Å². The van der Waals surface area contributed by atoms with Crippen molar-refractivity contribution in [2.75, 3.05) is 10.6 Å². The number of halogens is 1. The summed E-state index contributed by atoms with van der Waals surface area (Å²) in [6, 6.07) is 0.912.